The molecule has 0 aliphatic carbocycles. The van der Waals surface area contributed by atoms with Crippen LogP contribution < -0.4 is 11.1 Å². The first kappa shape index (κ1) is 19.1. The van der Waals surface area contributed by atoms with Gasteiger partial charge in [0.25, 0.3) is 5.91 Å². The Kier molecular flexibility index (Phi) is 5.69. The zero-order chi connectivity index (χ0) is 20.1. The summed E-state index contributed by atoms with van der Waals surface area (Å²) in [7, 11) is 0. The molecule has 3 rings (SSSR count). The molecule has 0 unspecified atom stereocenters. The van der Waals surface area contributed by atoms with Crippen LogP contribution in [0.3, 0.4) is 0 Å². The minimum atomic E-state index is -0.632. The van der Waals surface area contributed by atoms with Gasteiger partial charge in [0.05, 0.1) is 17.6 Å². The van der Waals surface area contributed by atoms with E-state index in [2.05, 4.69) is 5.32 Å². The van der Waals surface area contributed by atoms with E-state index in [9.17, 15) is 19.2 Å². The van der Waals surface area contributed by atoms with Crippen LogP contribution in [0, 0.1) is 0 Å². The van der Waals surface area contributed by atoms with Crippen LogP contribution in [0.4, 0.5) is 5.69 Å². The number of carbonyl (C=O) groups is 3. The minimum absolute atomic E-state index is 0.0729. The number of ether oxygens (including phenoxy) is 1. The van der Waals surface area contributed by atoms with Crippen LogP contribution in [0.5, 0.6) is 0 Å². The molecule has 1 aromatic heterocycles. The largest absolute Gasteiger partial charge is 0.456 e. The van der Waals surface area contributed by atoms with Gasteiger partial charge >= 0.3 is 11.7 Å². The molecule has 3 aromatic rings. The molecule has 0 aliphatic rings. The minimum Gasteiger partial charge on any atom is -0.456 e. The molecule has 144 valence electrons. The molecule has 0 radical (unpaired) electrons. The van der Waals surface area contributed by atoms with E-state index in [1.54, 1.807) is 48.5 Å². The van der Waals surface area contributed by atoms with Gasteiger partial charge in [-0.15, -0.1) is 0 Å². The average Bonchev–Trinajstić information content (AvgIpc) is 3.00. The fourth-order valence-corrected chi connectivity index (χ4v) is 2.73. The smallest absolute Gasteiger partial charge is 0.419 e. The molecule has 1 amide bonds. The summed E-state index contributed by atoms with van der Waals surface area (Å²) in [4.78, 5) is 47.3. The van der Waals surface area contributed by atoms with Gasteiger partial charge in [-0.05, 0) is 31.2 Å². The molecule has 28 heavy (non-hydrogen) atoms. The second-order valence-corrected chi connectivity index (χ2v) is 6.05. The van der Waals surface area contributed by atoms with Crippen LogP contribution in [0.15, 0.2) is 57.7 Å². The number of hydrogen-bond acceptors (Lipinski definition) is 6. The Morgan fingerprint density at radius 3 is 2.57 bits per heavy atom. The number of Topliss-reactive ketones (excluding diaryl/α,β-unsaturated/α-hetero) is 1. The van der Waals surface area contributed by atoms with E-state index in [1.807, 2.05) is 0 Å². The quantitative estimate of drug-likeness (QED) is 0.496. The number of anilines is 1. The van der Waals surface area contributed by atoms with E-state index >= 15 is 0 Å². The lowest BCUT2D eigenvalue weighted by molar-refractivity contribution is -0.147. The van der Waals surface area contributed by atoms with Crippen molar-refractivity contribution in [1.29, 1.82) is 0 Å². The lowest BCUT2D eigenvalue weighted by Gasteiger charge is -2.09. The third kappa shape index (κ3) is 4.35. The molecule has 0 saturated heterocycles. The first-order valence-corrected chi connectivity index (χ1v) is 8.59. The Hall–Kier alpha value is -3.68. The van der Waals surface area contributed by atoms with Gasteiger partial charge in [-0.3, -0.25) is 19.0 Å². The molecule has 8 nitrogen and oxygen atoms in total. The number of oxazole rings is 1. The number of para-hydroxylation sites is 3. The lowest BCUT2D eigenvalue weighted by Crippen LogP contribution is -2.23. The van der Waals surface area contributed by atoms with Crippen molar-refractivity contribution in [3.63, 3.8) is 0 Å². The van der Waals surface area contributed by atoms with E-state index in [0.29, 0.717) is 22.4 Å². The van der Waals surface area contributed by atoms with Gasteiger partial charge in [0.1, 0.15) is 0 Å². The SMILES string of the molecule is CC(=O)c1ccccc1NC(=O)COC(=O)CCn1c(=O)oc2ccccc21. The Bertz CT molecular complexity index is 1100. The fraction of sp³-hybridized carbons (Fsp3) is 0.200. The molecule has 0 aliphatic heterocycles. The Morgan fingerprint density at radius 2 is 1.79 bits per heavy atom. The number of nitrogens with one attached hydrogen (secondary N) is 1. The van der Waals surface area contributed by atoms with Crippen molar-refractivity contribution in [1.82, 2.24) is 4.57 Å². The number of benzene rings is 2. The third-order valence-corrected chi connectivity index (χ3v) is 4.06. The summed E-state index contributed by atoms with van der Waals surface area (Å²) in [5.41, 5.74) is 1.74. The van der Waals surface area contributed by atoms with Gasteiger partial charge in [-0.2, -0.15) is 0 Å². The fourth-order valence-electron chi connectivity index (χ4n) is 2.73. The van der Waals surface area contributed by atoms with Gasteiger partial charge in [-0.1, -0.05) is 24.3 Å². The molecule has 0 spiro atoms. The normalized spacial score (nSPS) is 10.6. The van der Waals surface area contributed by atoms with E-state index in [-0.39, 0.29) is 18.7 Å². The summed E-state index contributed by atoms with van der Waals surface area (Å²) in [5, 5.41) is 2.54. The van der Waals surface area contributed by atoms with E-state index in [0.717, 1.165) is 0 Å². The maximum atomic E-state index is 12.0. The molecule has 0 fully saturated rings. The summed E-state index contributed by atoms with van der Waals surface area (Å²) in [6.45, 7) is 0.974. The van der Waals surface area contributed by atoms with Gasteiger partial charge in [-0.25, -0.2) is 4.79 Å². The van der Waals surface area contributed by atoms with Crippen molar-refractivity contribution in [3.8, 4) is 0 Å². The summed E-state index contributed by atoms with van der Waals surface area (Å²) in [5.74, 6) is -1.95. The molecule has 0 bridgehead atoms. The zero-order valence-corrected chi connectivity index (χ0v) is 15.1. The van der Waals surface area contributed by atoms with Crippen molar-refractivity contribution in [3.05, 3.63) is 64.6 Å². The monoisotopic (exact) mass is 382 g/mol. The highest BCUT2D eigenvalue weighted by Gasteiger charge is 2.14. The third-order valence-electron chi connectivity index (χ3n) is 4.06. The molecule has 0 saturated carbocycles. The van der Waals surface area contributed by atoms with Crippen LogP contribution in [-0.4, -0.2) is 28.8 Å². The molecular formula is C20H18N2O6. The zero-order valence-electron chi connectivity index (χ0n) is 15.1. The van der Waals surface area contributed by atoms with Crippen molar-refractivity contribution < 1.29 is 23.5 Å². The number of carbonyl (C=O) groups excluding carboxylic acids is 3. The predicted molar refractivity (Wildman–Crippen MR) is 101 cm³/mol. The van der Waals surface area contributed by atoms with Crippen molar-refractivity contribution in [2.24, 2.45) is 0 Å². The average molecular weight is 382 g/mol. The number of ketones is 1. The van der Waals surface area contributed by atoms with E-state index in [4.69, 9.17) is 9.15 Å². The van der Waals surface area contributed by atoms with Gasteiger partial charge in [0, 0.05) is 12.1 Å². The maximum Gasteiger partial charge on any atom is 0.419 e. The van der Waals surface area contributed by atoms with Gasteiger partial charge in [0.15, 0.2) is 18.0 Å². The van der Waals surface area contributed by atoms with Crippen molar-refractivity contribution in [2.75, 3.05) is 11.9 Å². The highest BCUT2D eigenvalue weighted by atomic mass is 16.5. The number of amides is 1. The van der Waals surface area contributed by atoms with Gasteiger partial charge < -0.3 is 14.5 Å². The van der Waals surface area contributed by atoms with Crippen LogP contribution in [0.2, 0.25) is 0 Å². The summed E-state index contributed by atoms with van der Waals surface area (Å²) in [6, 6.07) is 13.4. The molecule has 2 aromatic carbocycles. The number of hydrogen-bond donors (Lipinski definition) is 1. The molecular weight excluding hydrogens is 364 g/mol. The Labute approximate surface area is 159 Å². The van der Waals surface area contributed by atoms with Gasteiger partial charge in [0.2, 0.25) is 0 Å². The number of rotatable bonds is 7. The topological polar surface area (TPSA) is 108 Å². The lowest BCUT2D eigenvalue weighted by atomic mass is 10.1. The van der Waals surface area contributed by atoms with E-state index < -0.39 is 24.2 Å². The van der Waals surface area contributed by atoms with Crippen molar-refractivity contribution in [2.45, 2.75) is 19.9 Å². The highest BCUT2D eigenvalue weighted by molar-refractivity contribution is 6.04. The number of aryl methyl sites for hydroxylation is 1. The van der Waals surface area contributed by atoms with Crippen LogP contribution >= 0.6 is 0 Å². The number of fused-ring (bicyclic) bond motifs is 1. The first-order chi connectivity index (χ1) is 13.5. The molecule has 0 atom stereocenters. The second-order valence-electron chi connectivity index (χ2n) is 6.05. The molecule has 8 heteroatoms. The summed E-state index contributed by atoms with van der Waals surface area (Å²) < 4.78 is 11.4. The molecule has 1 heterocycles. The maximum absolute atomic E-state index is 12.0. The number of aromatic nitrogens is 1. The van der Waals surface area contributed by atoms with Crippen LogP contribution in [0.25, 0.3) is 11.1 Å². The summed E-state index contributed by atoms with van der Waals surface area (Å²) in [6.07, 6.45) is -0.0965. The predicted octanol–water partition coefficient (Wildman–Crippen LogP) is 2.37. The highest BCUT2D eigenvalue weighted by Crippen LogP contribution is 2.15. The number of nitrogens with zero attached hydrogens (tertiary/aromatic N) is 1. The van der Waals surface area contributed by atoms with Crippen molar-refractivity contribution >= 4 is 34.4 Å². The van der Waals surface area contributed by atoms with E-state index in [1.165, 1.54) is 11.5 Å². The standard InChI is InChI=1S/C20H18N2O6/c1-13(23)14-6-2-3-7-15(14)21-18(24)12-27-19(25)10-11-22-16-8-4-5-9-17(16)28-20(22)26/h2-9H,10-12H2,1H3,(H,21,24). The first-order valence-electron chi connectivity index (χ1n) is 8.59. The van der Waals surface area contributed by atoms with Crippen LogP contribution in [0.1, 0.15) is 23.7 Å². The second kappa shape index (κ2) is 8.34. The number of esters is 1. The summed E-state index contributed by atoms with van der Waals surface area (Å²) >= 11 is 0. The van der Waals surface area contributed by atoms with Crippen LogP contribution in [-0.2, 0) is 20.9 Å². The Morgan fingerprint density at radius 1 is 1.07 bits per heavy atom. The Balaban J connectivity index is 1.53. The molecule has 1 N–H and O–H groups in total.